The molecule has 2 aromatic carbocycles. The smallest absolute Gasteiger partial charge is 0.251 e. The van der Waals surface area contributed by atoms with Crippen molar-refractivity contribution in [2.75, 3.05) is 11.7 Å². The van der Waals surface area contributed by atoms with Gasteiger partial charge in [0.1, 0.15) is 0 Å². The zero-order valence-corrected chi connectivity index (χ0v) is 14.8. The quantitative estimate of drug-likeness (QED) is 0.796. The first-order valence-electron chi connectivity index (χ1n) is 7.86. The summed E-state index contributed by atoms with van der Waals surface area (Å²) in [5.41, 5.74) is 1.54. The molecule has 2 aromatic rings. The lowest BCUT2D eigenvalue weighted by atomic mass is 10.1. The molecule has 7 heteroatoms. The molecule has 0 unspecified atom stereocenters. The Kier molecular flexibility index (Phi) is 4.19. The minimum atomic E-state index is -0.531. The summed E-state index contributed by atoms with van der Waals surface area (Å²) in [7, 11) is 0. The van der Waals surface area contributed by atoms with Crippen molar-refractivity contribution in [2.24, 2.45) is 0 Å². The lowest BCUT2D eigenvalue weighted by molar-refractivity contribution is -0.121. The van der Waals surface area contributed by atoms with Crippen LogP contribution >= 0.6 is 15.9 Å². The van der Waals surface area contributed by atoms with Gasteiger partial charge in [-0.3, -0.25) is 9.59 Å². The average Bonchev–Trinajstić information content (AvgIpc) is 3.16. The molecule has 1 fully saturated rings. The van der Waals surface area contributed by atoms with Gasteiger partial charge in [-0.05, 0) is 35.9 Å². The van der Waals surface area contributed by atoms with Crippen molar-refractivity contribution in [1.82, 2.24) is 5.32 Å². The van der Waals surface area contributed by atoms with Crippen LogP contribution in [0.15, 0.2) is 46.9 Å². The molecular weight excluding hydrogens is 388 g/mol. The Balaban J connectivity index is 1.45. The van der Waals surface area contributed by atoms with Gasteiger partial charge in [0, 0.05) is 11.0 Å². The standard InChI is InChI=1S/C18H15BrN2O4/c19-12-2-1-3-13(7-12)21-17(22)8-14(18(21)23)20-9-11-4-5-15-16(6-11)25-10-24-15/h1-7,14,20H,8-10H2/t14-/m1/s1. The fourth-order valence-corrected chi connectivity index (χ4v) is 3.36. The van der Waals surface area contributed by atoms with Gasteiger partial charge in [0.15, 0.2) is 11.5 Å². The summed E-state index contributed by atoms with van der Waals surface area (Å²) in [4.78, 5) is 26.1. The molecule has 128 valence electrons. The predicted octanol–water partition coefficient (Wildman–Crippen LogP) is 2.60. The number of halogens is 1. The van der Waals surface area contributed by atoms with E-state index in [2.05, 4.69) is 21.2 Å². The summed E-state index contributed by atoms with van der Waals surface area (Å²) in [6.07, 6.45) is 0.149. The monoisotopic (exact) mass is 402 g/mol. The lowest BCUT2D eigenvalue weighted by Gasteiger charge is -2.16. The van der Waals surface area contributed by atoms with E-state index in [4.69, 9.17) is 9.47 Å². The average molecular weight is 403 g/mol. The van der Waals surface area contributed by atoms with Gasteiger partial charge in [-0.1, -0.05) is 28.1 Å². The lowest BCUT2D eigenvalue weighted by Crippen LogP contribution is -2.38. The number of anilines is 1. The Bertz CT molecular complexity index is 855. The van der Waals surface area contributed by atoms with Crippen LogP contribution in [0.4, 0.5) is 5.69 Å². The molecule has 25 heavy (non-hydrogen) atoms. The summed E-state index contributed by atoms with van der Waals surface area (Å²) in [6, 6.07) is 12.3. The molecule has 2 aliphatic heterocycles. The van der Waals surface area contributed by atoms with Crippen molar-refractivity contribution in [1.29, 1.82) is 0 Å². The maximum Gasteiger partial charge on any atom is 0.251 e. The molecule has 6 nitrogen and oxygen atoms in total. The van der Waals surface area contributed by atoms with Crippen LogP contribution in [-0.4, -0.2) is 24.6 Å². The maximum absolute atomic E-state index is 12.6. The predicted molar refractivity (Wildman–Crippen MR) is 94.4 cm³/mol. The third kappa shape index (κ3) is 3.12. The summed E-state index contributed by atoms with van der Waals surface area (Å²) in [5, 5.41) is 3.16. The van der Waals surface area contributed by atoms with Crippen LogP contribution in [-0.2, 0) is 16.1 Å². The summed E-state index contributed by atoms with van der Waals surface area (Å²) < 4.78 is 11.5. The molecule has 4 rings (SSSR count). The zero-order chi connectivity index (χ0) is 17.4. The van der Waals surface area contributed by atoms with Crippen molar-refractivity contribution in [3.8, 4) is 11.5 Å². The summed E-state index contributed by atoms with van der Waals surface area (Å²) in [6.45, 7) is 0.691. The third-order valence-corrected chi connectivity index (χ3v) is 4.70. The highest BCUT2D eigenvalue weighted by atomic mass is 79.9. The van der Waals surface area contributed by atoms with E-state index in [1.54, 1.807) is 18.2 Å². The highest BCUT2D eigenvalue weighted by Crippen LogP contribution is 2.32. The van der Waals surface area contributed by atoms with Gasteiger partial charge in [0.25, 0.3) is 5.91 Å². The van der Waals surface area contributed by atoms with E-state index in [1.165, 1.54) is 4.90 Å². The van der Waals surface area contributed by atoms with Gasteiger partial charge in [-0.25, -0.2) is 4.90 Å². The number of nitrogens with zero attached hydrogens (tertiary/aromatic N) is 1. The van der Waals surface area contributed by atoms with E-state index in [0.29, 0.717) is 18.0 Å². The van der Waals surface area contributed by atoms with Crippen molar-refractivity contribution >= 4 is 33.4 Å². The molecule has 1 saturated heterocycles. The molecule has 0 spiro atoms. The number of ether oxygens (including phenoxy) is 2. The van der Waals surface area contributed by atoms with Gasteiger partial charge >= 0.3 is 0 Å². The number of carbonyl (C=O) groups is 2. The SMILES string of the molecule is O=C1C[C@@H](NCc2ccc3c(c2)OCO3)C(=O)N1c1cccc(Br)c1. The normalized spacial score (nSPS) is 18.9. The topological polar surface area (TPSA) is 67.9 Å². The van der Waals surface area contributed by atoms with Crippen LogP contribution in [0.2, 0.25) is 0 Å². The fraction of sp³-hybridized carbons (Fsp3) is 0.222. The third-order valence-electron chi connectivity index (χ3n) is 4.20. The number of nitrogens with one attached hydrogen (secondary N) is 1. The van der Waals surface area contributed by atoms with Gasteiger partial charge in [0.05, 0.1) is 18.2 Å². The minimum Gasteiger partial charge on any atom is -0.454 e. The Hall–Kier alpha value is -2.38. The van der Waals surface area contributed by atoms with Crippen molar-refractivity contribution in [3.05, 3.63) is 52.5 Å². The highest BCUT2D eigenvalue weighted by Gasteiger charge is 2.39. The van der Waals surface area contributed by atoms with E-state index in [-0.39, 0.29) is 25.0 Å². The largest absolute Gasteiger partial charge is 0.454 e. The first-order chi connectivity index (χ1) is 12.1. The molecule has 0 aromatic heterocycles. The Labute approximate surface area is 152 Å². The van der Waals surface area contributed by atoms with Crippen LogP contribution < -0.4 is 19.7 Å². The van der Waals surface area contributed by atoms with Crippen LogP contribution in [0.3, 0.4) is 0 Å². The number of benzene rings is 2. The van der Waals surface area contributed by atoms with E-state index < -0.39 is 6.04 Å². The zero-order valence-electron chi connectivity index (χ0n) is 13.2. The molecule has 2 aliphatic rings. The number of hydrogen-bond acceptors (Lipinski definition) is 5. The van der Waals surface area contributed by atoms with E-state index in [1.807, 2.05) is 24.3 Å². The van der Waals surface area contributed by atoms with Crippen LogP contribution in [0.1, 0.15) is 12.0 Å². The Morgan fingerprint density at radius 3 is 2.80 bits per heavy atom. The van der Waals surface area contributed by atoms with Crippen LogP contribution in [0.25, 0.3) is 0 Å². The van der Waals surface area contributed by atoms with E-state index in [0.717, 1.165) is 15.8 Å². The van der Waals surface area contributed by atoms with Crippen LogP contribution in [0.5, 0.6) is 11.5 Å². The van der Waals surface area contributed by atoms with Gasteiger partial charge in [-0.2, -0.15) is 0 Å². The second kappa shape index (κ2) is 6.50. The molecule has 1 atom stereocenters. The number of fused-ring (bicyclic) bond motifs is 1. The summed E-state index contributed by atoms with van der Waals surface area (Å²) in [5.74, 6) is 0.982. The first kappa shape index (κ1) is 16.1. The maximum atomic E-state index is 12.6. The Morgan fingerprint density at radius 1 is 1.12 bits per heavy atom. The minimum absolute atomic E-state index is 0.149. The van der Waals surface area contributed by atoms with Crippen molar-refractivity contribution in [3.63, 3.8) is 0 Å². The highest BCUT2D eigenvalue weighted by molar-refractivity contribution is 9.10. The molecule has 2 amide bonds. The molecule has 0 bridgehead atoms. The number of rotatable bonds is 4. The number of amides is 2. The number of hydrogen-bond donors (Lipinski definition) is 1. The van der Waals surface area contributed by atoms with Crippen molar-refractivity contribution < 1.29 is 19.1 Å². The Morgan fingerprint density at radius 2 is 1.96 bits per heavy atom. The van der Waals surface area contributed by atoms with E-state index >= 15 is 0 Å². The second-order valence-corrected chi connectivity index (χ2v) is 6.79. The van der Waals surface area contributed by atoms with E-state index in [9.17, 15) is 9.59 Å². The molecule has 0 saturated carbocycles. The van der Waals surface area contributed by atoms with Gasteiger partial charge in [0.2, 0.25) is 12.7 Å². The molecular formula is C18H15BrN2O4. The van der Waals surface area contributed by atoms with Gasteiger partial charge in [-0.15, -0.1) is 0 Å². The molecule has 2 heterocycles. The van der Waals surface area contributed by atoms with Gasteiger partial charge < -0.3 is 14.8 Å². The number of carbonyl (C=O) groups excluding carboxylic acids is 2. The molecule has 0 aliphatic carbocycles. The molecule has 1 N–H and O–H groups in total. The first-order valence-corrected chi connectivity index (χ1v) is 8.65. The van der Waals surface area contributed by atoms with Crippen LogP contribution in [0, 0.1) is 0 Å². The fourth-order valence-electron chi connectivity index (χ4n) is 2.97. The number of imide groups is 1. The van der Waals surface area contributed by atoms with Crippen molar-refractivity contribution in [2.45, 2.75) is 19.0 Å². The molecule has 0 radical (unpaired) electrons. The summed E-state index contributed by atoms with van der Waals surface area (Å²) >= 11 is 3.36. The second-order valence-electron chi connectivity index (χ2n) is 5.87.